The molecule has 0 saturated heterocycles. The molecule has 0 radical (unpaired) electrons. The number of benzene rings is 1. The van der Waals surface area contributed by atoms with Crippen LogP contribution in [0.25, 0.3) is 11.0 Å². The van der Waals surface area contributed by atoms with E-state index in [0.717, 1.165) is 34.1 Å². The Morgan fingerprint density at radius 2 is 2.19 bits per heavy atom. The Bertz CT molecular complexity index is 792. The lowest BCUT2D eigenvalue weighted by atomic mass is 10.3. The predicted molar refractivity (Wildman–Crippen MR) is 81.2 cm³/mol. The summed E-state index contributed by atoms with van der Waals surface area (Å²) in [5.74, 6) is 0.675. The number of aromatic nitrogens is 4. The van der Waals surface area contributed by atoms with Crippen molar-refractivity contribution in [2.24, 2.45) is 7.05 Å². The molecule has 1 aromatic carbocycles. The highest BCUT2D eigenvalue weighted by molar-refractivity contribution is 7.08. The molecule has 0 aliphatic rings. The largest absolute Gasteiger partial charge is 0.344 e. The molecule has 0 aliphatic heterocycles. The summed E-state index contributed by atoms with van der Waals surface area (Å²) in [6.45, 7) is 2.34. The summed E-state index contributed by atoms with van der Waals surface area (Å²) in [4.78, 5) is 17.3. The zero-order valence-electron chi connectivity index (χ0n) is 11.8. The van der Waals surface area contributed by atoms with Crippen LogP contribution in [0.1, 0.15) is 28.1 Å². The van der Waals surface area contributed by atoms with Gasteiger partial charge >= 0.3 is 0 Å². The van der Waals surface area contributed by atoms with Gasteiger partial charge < -0.3 is 9.88 Å². The lowest BCUT2D eigenvalue weighted by Gasteiger charge is -2.04. The zero-order chi connectivity index (χ0) is 14.8. The molecule has 0 bridgehead atoms. The summed E-state index contributed by atoms with van der Waals surface area (Å²) in [5.41, 5.74) is 2.72. The molecule has 1 N–H and O–H groups in total. The normalized spacial score (nSPS) is 11.0. The van der Waals surface area contributed by atoms with Crippen LogP contribution in [0.5, 0.6) is 0 Å². The van der Waals surface area contributed by atoms with Crippen LogP contribution >= 0.6 is 11.5 Å². The highest BCUT2D eigenvalue weighted by Gasteiger charge is 2.15. The molecule has 21 heavy (non-hydrogen) atoms. The van der Waals surface area contributed by atoms with Crippen molar-refractivity contribution in [1.82, 2.24) is 24.5 Å². The quantitative estimate of drug-likeness (QED) is 0.799. The Hall–Kier alpha value is -2.28. The second-order valence-electron chi connectivity index (χ2n) is 4.66. The molecule has 3 aromatic rings. The molecule has 2 aromatic heterocycles. The summed E-state index contributed by atoms with van der Waals surface area (Å²) in [5, 5.41) is 6.84. The number of nitrogens with zero attached hydrogens (tertiary/aromatic N) is 4. The van der Waals surface area contributed by atoms with E-state index in [1.54, 1.807) is 0 Å². The first kappa shape index (κ1) is 13.7. The van der Waals surface area contributed by atoms with Gasteiger partial charge in [-0.2, -0.15) is 0 Å². The van der Waals surface area contributed by atoms with Crippen LogP contribution in [-0.4, -0.2) is 25.0 Å². The van der Waals surface area contributed by atoms with Crippen LogP contribution in [0.15, 0.2) is 24.3 Å². The number of aryl methyl sites for hydroxylation is 2. The van der Waals surface area contributed by atoms with Gasteiger partial charge in [-0.05, 0) is 30.1 Å². The number of carbonyl (C=O) groups excluding carboxylic acids is 1. The van der Waals surface area contributed by atoms with Crippen LogP contribution in [0.2, 0.25) is 0 Å². The molecular weight excluding hydrogens is 286 g/mol. The highest BCUT2D eigenvalue weighted by atomic mass is 32.1. The van der Waals surface area contributed by atoms with E-state index in [1.807, 2.05) is 42.8 Å². The summed E-state index contributed by atoms with van der Waals surface area (Å²) >= 11 is 1.13. The topological polar surface area (TPSA) is 72.7 Å². The zero-order valence-corrected chi connectivity index (χ0v) is 12.6. The van der Waals surface area contributed by atoms with Gasteiger partial charge in [0.2, 0.25) is 0 Å². The van der Waals surface area contributed by atoms with Crippen LogP contribution in [0.4, 0.5) is 0 Å². The fourth-order valence-corrected chi connectivity index (χ4v) is 2.87. The van der Waals surface area contributed by atoms with Gasteiger partial charge in [-0.15, -0.1) is 5.10 Å². The average Bonchev–Trinajstić information content (AvgIpc) is 3.10. The van der Waals surface area contributed by atoms with Crippen LogP contribution in [0.3, 0.4) is 0 Å². The van der Waals surface area contributed by atoms with E-state index in [0.29, 0.717) is 17.8 Å². The number of imidazole rings is 1. The average molecular weight is 301 g/mol. The number of fused-ring (bicyclic) bond motifs is 1. The summed E-state index contributed by atoms with van der Waals surface area (Å²) in [6, 6.07) is 7.90. The summed E-state index contributed by atoms with van der Waals surface area (Å²) in [7, 11) is 1.95. The molecule has 0 saturated carbocycles. The Kier molecular flexibility index (Phi) is 3.66. The van der Waals surface area contributed by atoms with E-state index in [2.05, 4.69) is 19.9 Å². The Morgan fingerprint density at radius 3 is 2.95 bits per heavy atom. The Labute approximate surface area is 126 Å². The number of hydrogen-bond donors (Lipinski definition) is 1. The van der Waals surface area contributed by atoms with Gasteiger partial charge in [0.05, 0.1) is 23.3 Å². The first-order valence-corrected chi connectivity index (χ1v) is 7.47. The van der Waals surface area contributed by atoms with Gasteiger partial charge in [0.25, 0.3) is 5.91 Å². The SMILES string of the molecule is CCc1nnsc1C(=O)NCc1nc2ccccc2n1C. The molecular formula is C14H15N5OS. The van der Waals surface area contributed by atoms with Crippen LogP contribution < -0.4 is 5.32 Å². The molecule has 108 valence electrons. The van der Waals surface area contributed by atoms with Gasteiger partial charge in [0.1, 0.15) is 10.7 Å². The number of amides is 1. The monoisotopic (exact) mass is 301 g/mol. The first-order valence-electron chi connectivity index (χ1n) is 6.70. The van der Waals surface area contributed by atoms with E-state index in [4.69, 9.17) is 0 Å². The standard InChI is InChI=1S/C14H15N5OS/c1-3-9-13(21-18-17-9)14(20)15-8-12-16-10-6-4-5-7-11(10)19(12)2/h4-7H,3,8H2,1-2H3,(H,15,20). The number of hydrogen-bond acceptors (Lipinski definition) is 5. The Balaban J connectivity index is 1.77. The van der Waals surface area contributed by atoms with E-state index >= 15 is 0 Å². The van der Waals surface area contributed by atoms with Crippen molar-refractivity contribution in [1.29, 1.82) is 0 Å². The maximum atomic E-state index is 12.2. The van der Waals surface area contributed by atoms with Gasteiger partial charge in [0.15, 0.2) is 0 Å². The van der Waals surface area contributed by atoms with E-state index in [9.17, 15) is 4.79 Å². The molecule has 0 atom stereocenters. The number of carbonyl (C=O) groups is 1. The molecule has 3 rings (SSSR count). The smallest absolute Gasteiger partial charge is 0.265 e. The predicted octanol–water partition coefficient (Wildman–Crippen LogP) is 1.92. The number of para-hydroxylation sites is 2. The molecule has 2 heterocycles. The lowest BCUT2D eigenvalue weighted by Crippen LogP contribution is -2.24. The van der Waals surface area contributed by atoms with Gasteiger partial charge in [-0.25, -0.2) is 4.98 Å². The van der Waals surface area contributed by atoms with E-state index in [1.165, 1.54) is 0 Å². The van der Waals surface area contributed by atoms with Crippen molar-refractivity contribution in [2.75, 3.05) is 0 Å². The van der Waals surface area contributed by atoms with E-state index in [-0.39, 0.29) is 5.91 Å². The lowest BCUT2D eigenvalue weighted by molar-refractivity contribution is 0.0952. The minimum absolute atomic E-state index is 0.145. The van der Waals surface area contributed by atoms with Crippen LogP contribution in [-0.2, 0) is 20.0 Å². The van der Waals surface area contributed by atoms with Crippen molar-refractivity contribution in [3.8, 4) is 0 Å². The van der Waals surface area contributed by atoms with Crippen LogP contribution in [0, 0.1) is 0 Å². The number of rotatable bonds is 4. The second kappa shape index (κ2) is 5.61. The molecule has 1 amide bonds. The van der Waals surface area contributed by atoms with Gasteiger partial charge in [-0.1, -0.05) is 23.5 Å². The fourth-order valence-electron chi connectivity index (χ4n) is 2.21. The van der Waals surface area contributed by atoms with E-state index < -0.39 is 0 Å². The molecule has 7 heteroatoms. The highest BCUT2D eigenvalue weighted by Crippen LogP contribution is 2.15. The number of nitrogens with one attached hydrogen (secondary N) is 1. The first-order chi connectivity index (χ1) is 10.2. The maximum Gasteiger partial charge on any atom is 0.265 e. The maximum absolute atomic E-state index is 12.2. The Morgan fingerprint density at radius 1 is 1.38 bits per heavy atom. The third-order valence-electron chi connectivity index (χ3n) is 3.38. The van der Waals surface area contributed by atoms with Crippen molar-refractivity contribution in [2.45, 2.75) is 19.9 Å². The molecule has 0 spiro atoms. The third-order valence-corrected chi connectivity index (χ3v) is 4.15. The summed E-state index contributed by atoms with van der Waals surface area (Å²) in [6.07, 6.45) is 0.700. The fraction of sp³-hybridized carbons (Fsp3) is 0.286. The molecule has 6 nitrogen and oxygen atoms in total. The molecule has 0 aliphatic carbocycles. The van der Waals surface area contributed by atoms with Crippen molar-refractivity contribution < 1.29 is 4.79 Å². The minimum atomic E-state index is -0.145. The third kappa shape index (κ3) is 2.52. The molecule has 0 unspecified atom stereocenters. The van der Waals surface area contributed by atoms with Crippen molar-refractivity contribution in [3.05, 3.63) is 40.7 Å². The summed E-state index contributed by atoms with van der Waals surface area (Å²) < 4.78 is 5.82. The van der Waals surface area contributed by atoms with Gasteiger partial charge in [0, 0.05) is 7.05 Å². The van der Waals surface area contributed by atoms with Crippen molar-refractivity contribution >= 4 is 28.5 Å². The van der Waals surface area contributed by atoms with Gasteiger partial charge in [-0.3, -0.25) is 4.79 Å². The molecule has 0 fully saturated rings. The second-order valence-corrected chi connectivity index (χ2v) is 5.41. The minimum Gasteiger partial charge on any atom is -0.344 e. The van der Waals surface area contributed by atoms with Crippen molar-refractivity contribution in [3.63, 3.8) is 0 Å².